The lowest BCUT2D eigenvalue weighted by Crippen LogP contribution is -2.56. The average molecular weight is 675 g/mol. The number of aliphatic hydroxyl groups is 1. The molecule has 0 saturated carbocycles. The number of halogens is 2. The minimum Gasteiger partial charge on any atom is -0.381 e. The summed E-state index contributed by atoms with van der Waals surface area (Å²) in [7, 11) is 0. The minimum atomic E-state index is -1.62. The van der Waals surface area contributed by atoms with Crippen LogP contribution in [0.1, 0.15) is 72.9 Å². The van der Waals surface area contributed by atoms with Gasteiger partial charge in [-0.05, 0) is 41.2 Å². The fourth-order valence-corrected chi connectivity index (χ4v) is 4.33. The Labute approximate surface area is 282 Å². The van der Waals surface area contributed by atoms with E-state index in [1.165, 1.54) is 0 Å². The van der Waals surface area contributed by atoms with Crippen molar-refractivity contribution in [2.75, 3.05) is 19.7 Å². The molecule has 0 fully saturated rings. The molecule has 0 bridgehead atoms. The van der Waals surface area contributed by atoms with E-state index >= 15 is 0 Å². The molecule has 12 heteroatoms. The number of hydrogen-bond acceptors (Lipinski definition) is 6. The van der Waals surface area contributed by atoms with Crippen LogP contribution in [0.3, 0.4) is 0 Å². The van der Waals surface area contributed by atoms with Gasteiger partial charge >= 0.3 is 0 Å². The fraction of sp³-hybridized carbons (Fsp3) is 0.556. The first-order valence-corrected chi connectivity index (χ1v) is 16.1. The second-order valence-electron chi connectivity index (χ2n) is 15.0. The van der Waals surface area contributed by atoms with Gasteiger partial charge in [-0.25, -0.2) is 8.78 Å². The van der Waals surface area contributed by atoms with Crippen LogP contribution in [-0.4, -0.2) is 66.6 Å². The third kappa shape index (κ3) is 14.1. The number of hydrogen-bond donors (Lipinski definition) is 5. The van der Waals surface area contributed by atoms with Crippen molar-refractivity contribution in [1.82, 2.24) is 21.3 Å². The van der Waals surface area contributed by atoms with E-state index in [0.29, 0.717) is 0 Å². The molecule has 5 N–H and O–H groups in total. The highest BCUT2D eigenvalue weighted by Gasteiger charge is 2.33. The van der Waals surface area contributed by atoms with Crippen molar-refractivity contribution in [3.05, 3.63) is 71.3 Å². The Morgan fingerprint density at radius 3 is 2.00 bits per heavy atom. The molecule has 0 aliphatic heterocycles. The van der Waals surface area contributed by atoms with E-state index in [0.717, 1.165) is 23.8 Å². The molecule has 2 aromatic rings. The Kier molecular flexibility index (Phi) is 14.7. The van der Waals surface area contributed by atoms with Crippen LogP contribution in [0.2, 0.25) is 0 Å². The molecular formula is C36H52F2N4O6. The molecule has 266 valence electrons. The third-order valence-electron chi connectivity index (χ3n) is 7.48. The molecule has 1 unspecified atom stereocenters. The Bertz CT molecular complexity index is 1390. The second kappa shape index (κ2) is 17.5. The van der Waals surface area contributed by atoms with Crippen molar-refractivity contribution in [3.8, 4) is 0 Å². The predicted molar refractivity (Wildman–Crippen MR) is 179 cm³/mol. The van der Waals surface area contributed by atoms with Crippen LogP contribution in [0.25, 0.3) is 0 Å². The minimum absolute atomic E-state index is 0.0334. The van der Waals surface area contributed by atoms with Crippen molar-refractivity contribution < 1.29 is 37.8 Å². The van der Waals surface area contributed by atoms with Crippen molar-refractivity contribution in [1.29, 1.82) is 0 Å². The van der Waals surface area contributed by atoms with Crippen LogP contribution >= 0.6 is 0 Å². The lowest BCUT2D eigenvalue weighted by Gasteiger charge is -2.30. The van der Waals surface area contributed by atoms with Gasteiger partial charge in [0, 0.05) is 36.4 Å². The summed E-state index contributed by atoms with van der Waals surface area (Å²) in [5.41, 5.74) is -1.30. The molecule has 0 aliphatic carbocycles. The van der Waals surface area contributed by atoms with Crippen LogP contribution in [-0.2, 0) is 36.9 Å². The molecule has 2 rings (SSSR count). The molecule has 48 heavy (non-hydrogen) atoms. The largest absolute Gasteiger partial charge is 0.381 e. The lowest BCUT2D eigenvalue weighted by atomic mass is 9.92. The summed E-state index contributed by atoms with van der Waals surface area (Å²) < 4.78 is 33.9. The van der Waals surface area contributed by atoms with Crippen LogP contribution in [0.5, 0.6) is 0 Å². The van der Waals surface area contributed by atoms with Gasteiger partial charge in [0.1, 0.15) is 11.6 Å². The predicted octanol–water partition coefficient (Wildman–Crippen LogP) is 3.80. The van der Waals surface area contributed by atoms with Gasteiger partial charge in [0.05, 0.1) is 19.3 Å². The lowest BCUT2D eigenvalue weighted by molar-refractivity contribution is -0.136. The van der Waals surface area contributed by atoms with Crippen LogP contribution < -0.4 is 21.3 Å². The van der Waals surface area contributed by atoms with Crippen LogP contribution in [0.15, 0.2) is 48.5 Å². The number of ether oxygens (including phenoxy) is 1. The van der Waals surface area contributed by atoms with E-state index in [1.807, 2.05) is 30.3 Å². The quantitative estimate of drug-likeness (QED) is 0.183. The Hall–Kier alpha value is -3.90. The fourth-order valence-electron chi connectivity index (χ4n) is 4.33. The summed E-state index contributed by atoms with van der Waals surface area (Å²) in [5.74, 6) is -3.14. The standard InChI is InChI=1S/C36H52F2N4O6/c1-34(2,3)32(46)41-26(17-24-16-25(37)14-15-27(24)38)18-29(43)39-21-36(7,8)22-40-31(45)30(44)28(42-33(47)35(4,5)6)20-48-19-23-12-10-9-11-13-23/h9-16,26,28,30,44H,17-22H2,1-8H3,(H,39,43)(H,40,45)(H,41,46)(H,42,47)/t26-,28+,30?/m0/s1. The zero-order chi connectivity index (χ0) is 36.3. The summed E-state index contributed by atoms with van der Waals surface area (Å²) >= 11 is 0. The van der Waals surface area contributed by atoms with Gasteiger partial charge in [-0.2, -0.15) is 0 Å². The number of aliphatic hydroxyl groups excluding tert-OH is 1. The first kappa shape index (κ1) is 40.3. The molecule has 0 aliphatic rings. The van der Waals surface area contributed by atoms with E-state index in [1.54, 1.807) is 55.4 Å². The summed E-state index contributed by atoms with van der Waals surface area (Å²) in [5, 5.41) is 21.9. The molecule has 3 atom stereocenters. The third-order valence-corrected chi connectivity index (χ3v) is 7.48. The van der Waals surface area contributed by atoms with E-state index in [2.05, 4.69) is 21.3 Å². The number of benzene rings is 2. The first-order valence-electron chi connectivity index (χ1n) is 16.1. The maximum absolute atomic E-state index is 14.4. The Morgan fingerprint density at radius 2 is 1.40 bits per heavy atom. The van der Waals surface area contributed by atoms with Crippen LogP contribution in [0.4, 0.5) is 8.78 Å². The van der Waals surface area contributed by atoms with Crippen molar-refractivity contribution >= 4 is 23.6 Å². The zero-order valence-electron chi connectivity index (χ0n) is 29.3. The van der Waals surface area contributed by atoms with E-state index < -0.39 is 57.9 Å². The van der Waals surface area contributed by atoms with Crippen molar-refractivity contribution in [2.24, 2.45) is 16.2 Å². The van der Waals surface area contributed by atoms with Gasteiger partial charge < -0.3 is 31.1 Å². The highest BCUT2D eigenvalue weighted by Crippen LogP contribution is 2.18. The molecule has 0 radical (unpaired) electrons. The van der Waals surface area contributed by atoms with E-state index in [4.69, 9.17) is 4.74 Å². The summed E-state index contributed by atoms with van der Waals surface area (Å²) in [6, 6.07) is 10.6. The number of amides is 4. The highest BCUT2D eigenvalue weighted by atomic mass is 19.1. The van der Waals surface area contributed by atoms with Gasteiger partial charge in [0.25, 0.3) is 5.91 Å². The van der Waals surface area contributed by atoms with Crippen molar-refractivity contribution in [3.63, 3.8) is 0 Å². The highest BCUT2D eigenvalue weighted by molar-refractivity contribution is 5.85. The molecule has 0 saturated heterocycles. The van der Waals surface area contributed by atoms with Crippen molar-refractivity contribution in [2.45, 2.75) is 93.0 Å². The topological polar surface area (TPSA) is 146 Å². The zero-order valence-corrected chi connectivity index (χ0v) is 29.3. The molecule has 4 amide bonds. The van der Waals surface area contributed by atoms with E-state index in [-0.39, 0.29) is 56.5 Å². The SMILES string of the molecule is CC(C)(CNC(=O)C[C@H](Cc1cc(F)ccc1F)NC(=O)C(C)(C)C)CNC(=O)C(O)[C@@H](COCc1ccccc1)NC(=O)C(C)(C)C. The maximum atomic E-state index is 14.4. The molecular weight excluding hydrogens is 622 g/mol. The molecule has 2 aromatic carbocycles. The van der Waals surface area contributed by atoms with E-state index in [9.17, 15) is 33.1 Å². The Balaban J connectivity index is 2.00. The second-order valence-corrected chi connectivity index (χ2v) is 15.0. The van der Waals surface area contributed by atoms with Gasteiger partial charge in [-0.1, -0.05) is 85.7 Å². The smallest absolute Gasteiger partial charge is 0.251 e. The van der Waals surface area contributed by atoms with Gasteiger partial charge in [0.2, 0.25) is 17.7 Å². The summed E-state index contributed by atoms with van der Waals surface area (Å²) in [4.78, 5) is 51.4. The van der Waals surface area contributed by atoms with Gasteiger partial charge in [-0.15, -0.1) is 0 Å². The molecule has 10 nitrogen and oxygen atoms in total. The summed E-state index contributed by atoms with van der Waals surface area (Å²) in [6.45, 7) is 14.1. The normalized spacial score (nSPS) is 14.0. The number of rotatable bonds is 16. The molecule has 0 heterocycles. The maximum Gasteiger partial charge on any atom is 0.251 e. The Morgan fingerprint density at radius 1 is 0.812 bits per heavy atom. The molecule has 0 spiro atoms. The number of carbonyl (C=O) groups is 4. The van der Waals surface area contributed by atoms with Crippen LogP contribution in [0, 0.1) is 27.9 Å². The summed E-state index contributed by atoms with van der Waals surface area (Å²) in [6.07, 6.45) is -1.91. The monoisotopic (exact) mass is 674 g/mol. The van der Waals surface area contributed by atoms with Gasteiger partial charge in [-0.3, -0.25) is 19.2 Å². The number of carbonyl (C=O) groups excluding carboxylic acids is 4. The first-order chi connectivity index (χ1) is 22.2. The van der Waals surface area contributed by atoms with Gasteiger partial charge in [0.15, 0.2) is 6.10 Å². The number of nitrogens with one attached hydrogen (secondary N) is 4. The molecule has 0 aromatic heterocycles. The average Bonchev–Trinajstić information content (AvgIpc) is 2.99.